The van der Waals surface area contributed by atoms with Crippen LogP contribution in [0.4, 0.5) is 11.4 Å². The van der Waals surface area contributed by atoms with Gasteiger partial charge in [-0.15, -0.1) is 11.6 Å². The normalized spacial score (nSPS) is 10.8. The number of fused-ring (bicyclic) bond motifs is 1. The number of nitrogens with zero attached hydrogens (tertiary/aromatic N) is 2. The highest BCUT2D eigenvalue weighted by Gasteiger charge is 2.11. The van der Waals surface area contributed by atoms with Gasteiger partial charge in [-0.1, -0.05) is 36.4 Å². The molecule has 0 amide bonds. The molecule has 0 N–H and O–H groups in total. The summed E-state index contributed by atoms with van der Waals surface area (Å²) in [7, 11) is 0. The van der Waals surface area contributed by atoms with E-state index in [1.807, 2.05) is 12.3 Å². The molecule has 0 spiro atoms. The molecule has 3 heteroatoms. The van der Waals surface area contributed by atoms with Gasteiger partial charge in [0, 0.05) is 29.5 Å². The van der Waals surface area contributed by atoms with Gasteiger partial charge in [0.15, 0.2) is 0 Å². The number of anilines is 2. The molecular weight excluding hydrogens is 280 g/mol. The molecule has 3 aromatic rings. The Morgan fingerprint density at radius 2 is 1.86 bits per heavy atom. The molecule has 0 unspecified atom stereocenters. The average molecular weight is 297 g/mol. The molecule has 0 bridgehead atoms. The topological polar surface area (TPSA) is 16.1 Å². The van der Waals surface area contributed by atoms with E-state index in [0.29, 0.717) is 5.88 Å². The van der Waals surface area contributed by atoms with Crippen molar-refractivity contribution in [3.63, 3.8) is 0 Å². The lowest BCUT2D eigenvalue weighted by atomic mass is 10.1. The zero-order valence-electron chi connectivity index (χ0n) is 12.0. The van der Waals surface area contributed by atoms with Crippen LogP contribution >= 0.6 is 11.6 Å². The Kier molecular flexibility index (Phi) is 4.07. The SMILES string of the molecule is CCN(c1ccnc(CCl)c1)c1cccc2ccccc12. The van der Waals surface area contributed by atoms with Crippen molar-refractivity contribution in [3.8, 4) is 0 Å². The van der Waals surface area contributed by atoms with Gasteiger partial charge in [0.05, 0.1) is 11.6 Å². The first-order valence-corrected chi connectivity index (χ1v) is 7.63. The third kappa shape index (κ3) is 2.72. The summed E-state index contributed by atoms with van der Waals surface area (Å²) in [5.74, 6) is 0.431. The van der Waals surface area contributed by atoms with Crippen molar-refractivity contribution in [1.29, 1.82) is 0 Å². The fraction of sp³-hybridized carbons (Fsp3) is 0.167. The van der Waals surface area contributed by atoms with Crippen LogP contribution in [0.3, 0.4) is 0 Å². The minimum absolute atomic E-state index is 0.431. The van der Waals surface area contributed by atoms with Gasteiger partial charge in [0.25, 0.3) is 0 Å². The third-order valence-corrected chi connectivity index (χ3v) is 3.90. The number of benzene rings is 2. The Bertz CT molecular complexity index is 750. The van der Waals surface area contributed by atoms with E-state index in [4.69, 9.17) is 11.6 Å². The highest BCUT2D eigenvalue weighted by molar-refractivity contribution is 6.16. The minimum atomic E-state index is 0.431. The van der Waals surface area contributed by atoms with E-state index in [2.05, 4.69) is 65.3 Å². The van der Waals surface area contributed by atoms with Gasteiger partial charge >= 0.3 is 0 Å². The van der Waals surface area contributed by atoms with Crippen LogP contribution in [0.1, 0.15) is 12.6 Å². The fourth-order valence-corrected chi connectivity index (χ4v) is 2.79. The Morgan fingerprint density at radius 1 is 1.05 bits per heavy atom. The summed E-state index contributed by atoms with van der Waals surface area (Å²) in [6.07, 6.45) is 1.82. The molecule has 3 rings (SSSR count). The molecule has 106 valence electrons. The first-order valence-electron chi connectivity index (χ1n) is 7.09. The Balaban J connectivity index is 2.13. The van der Waals surface area contributed by atoms with Crippen molar-refractivity contribution in [1.82, 2.24) is 4.98 Å². The molecule has 2 nitrogen and oxygen atoms in total. The molecule has 0 saturated heterocycles. The summed E-state index contributed by atoms with van der Waals surface area (Å²) in [5, 5.41) is 2.51. The van der Waals surface area contributed by atoms with Crippen LogP contribution in [-0.2, 0) is 5.88 Å². The zero-order valence-corrected chi connectivity index (χ0v) is 12.7. The van der Waals surface area contributed by atoms with Crippen molar-refractivity contribution in [2.45, 2.75) is 12.8 Å². The van der Waals surface area contributed by atoms with Crippen LogP contribution in [0.2, 0.25) is 0 Å². The Labute approximate surface area is 130 Å². The maximum Gasteiger partial charge on any atom is 0.0648 e. The lowest BCUT2D eigenvalue weighted by Crippen LogP contribution is -2.16. The van der Waals surface area contributed by atoms with Crippen LogP contribution in [0.15, 0.2) is 60.8 Å². The fourth-order valence-electron chi connectivity index (χ4n) is 2.64. The summed E-state index contributed by atoms with van der Waals surface area (Å²) in [6.45, 7) is 3.04. The van der Waals surface area contributed by atoms with Crippen LogP contribution in [0.25, 0.3) is 10.8 Å². The lowest BCUT2D eigenvalue weighted by Gasteiger charge is -2.25. The summed E-state index contributed by atoms with van der Waals surface area (Å²) >= 11 is 5.91. The minimum Gasteiger partial charge on any atom is -0.341 e. The van der Waals surface area contributed by atoms with Crippen molar-refractivity contribution in [2.75, 3.05) is 11.4 Å². The number of aromatic nitrogens is 1. The molecule has 0 radical (unpaired) electrons. The van der Waals surface area contributed by atoms with Crippen molar-refractivity contribution in [2.24, 2.45) is 0 Å². The van der Waals surface area contributed by atoms with Gasteiger partial charge in [0.2, 0.25) is 0 Å². The molecule has 0 aliphatic carbocycles. The average Bonchev–Trinajstić information content (AvgIpc) is 2.56. The van der Waals surface area contributed by atoms with Crippen LogP contribution in [-0.4, -0.2) is 11.5 Å². The first-order chi connectivity index (χ1) is 10.3. The van der Waals surface area contributed by atoms with Crippen LogP contribution in [0, 0.1) is 0 Å². The molecule has 2 aromatic carbocycles. The summed E-state index contributed by atoms with van der Waals surface area (Å²) in [4.78, 5) is 6.56. The van der Waals surface area contributed by atoms with Gasteiger partial charge in [-0.2, -0.15) is 0 Å². The predicted molar refractivity (Wildman–Crippen MR) is 90.4 cm³/mol. The third-order valence-electron chi connectivity index (χ3n) is 3.62. The predicted octanol–water partition coefficient (Wildman–Crippen LogP) is 5.13. The van der Waals surface area contributed by atoms with E-state index in [-0.39, 0.29) is 0 Å². The number of hydrogen-bond acceptors (Lipinski definition) is 2. The second-order valence-electron chi connectivity index (χ2n) is 4.88. The first kappa shape index (κ1) is 13.9. The summed E-state index contributed by atoms with van der Waals surface area (Å²) in [5.41, 5.74) is 3.23. The molecule has 1 aromatic heterocycles. The van der Waals surface area contributed by atoms with Crippen molar-refractivity contribution in [3.05, 3.63) is 66.5 Å². The summed E-state index contributed by atoms with van der Waals surface area (Å²) in [6, 6.07) is 18.9. The van der Waals surface area contributed by atoms with E-state index in [1.165, 1.54) is 16.5 Å². The number of hydrogen-bond donors (Lipinski definition) is 0. The molecule has 0 saturated carbocycles. The monoisotopic (exact) mass is 296 g/mol. The smallest absolute Gasteiger partial charge is 0.0648 e. The van der Waals surface area contributed by atoms with Crippen molar-refractivity contribution >= 4 is 33.7 Å². The Morgan fingerprint density at radius 3 is 2.67 bits per heavy atom. The number of alkyl halides is 1. The van der Waals surface area contributed by atoms with E-state index in [1.54, 1.807) is 0 Å². The quantitative estimate of drug-likeness (QED) is 0.620. The largest absolute Gasteiger partial charge is 0.341 e. The number of halogens is 1. The molecule has 0 fully saturated rings. The lowest BCUT2D eigenvalue weighted by molar-refractivity contribution is 1.02. The van der Waals surface area contributed by atoms with Crippen LogP contribution < -0.4 is 4.90 Å². The molecule has 0 aliphatic heterocycles. The van der Waals surface area contributed by atoms with E-state index >= 15 is 0 Å². The standard InChI is InChI=1S/C18H17ClN2/c1-2-21(16-10-11-20-15(12-16)13-19)18-9-5-7-14-6-3-4-8-17(14)18/h3-12H,2,13H2,1H3. The highest BCUT2D eigenvalue weighted by Crippen LogP contribution is 2.32. The van der Waals surface area contributed by atoms with Gasteiger partial charge in [-0.3, -0.25) is 4.98 Å². The van der Waals surface area contributed by atoms with Gasteiger partial charge in [0.1, 0.15) is 0 Å². The highest BCUT2D eigenvalue weighted by atomic mass is 35.5. The number of rotatable bonds is 4. The van der Waals surface area contributed by atoms with Gasteiger partial charge < -0.3 is 4.90 Å². The zero-order chi connectivity index (χ0) is 14.7. The maximum atomic E-state index is 5.91. The second-order valence-corrected chi connectivity index (χ2v) is 5.15. The maximum absolute atomic E-state index is 5.91. The van der Waals surface area contributed by atoms with E-state index in [9.17, 15) is 0 Å². The van der Waals surface area contributed by atoms with Gasteiger partial charge in [-0.25, -0.2) is 0 Å². The van der Waals surface area contributed by atoms with Crippen LogP contribution in [0.5, 0.6) is 0 Å². The van der Waals surface area contributed by atoms with Crippen molar-refractivity contribution < 1.29 is 0 Å². The van der Waals surface area contributed by atoms with Gasteiger partial charge in [-0.05, 0) is 30.5 Å². The second kappa shape index (κ2) is 6.15. The molecule has 0 aliphatic rings. The molecule has 21 heavy (non-hydrogen) atoms. The number of pyridine rings is 1. The Hall–Kier alpha value is -2.06. The molecular formula is C18H17ClN2. The van der Waals surface area contributed by atoms with E-state index < -0.39 is 0 Å². The van der Waals surface area contributed by atoms with E-state index in [0.717, 1.165) is 17.9 Å². The summed E-state index contributed by atoms with van der Waals surface area (Å²) < 4.78 is 0. The molecule has 1 heterocycles. The molecule has 0 atom stereocenters.